The van der Waals surface area contributed by atoms with E-state index in [1.54, 1.807) is 0 Å². The monoisotopic (exact) mass is 317 g/mol. The van der Waals surface area contributed by atoms with Crippen molar-refractivity contribution in [2.45, 2.75) is 39.5 Å². The van der Waals surface area contributed by atoms with Crippen molar-refractivity contribution in [1.82, 2.24) is 0 Å². The summed E-state index contributed by atoms with van der Waals surface area (Å²) < 4.78 is 19.4. The molecule has 0 fully saturated rings. The Bertz CT molecular complexity index is 361. The lowest BCUT2D eigenvalue weighted by Crippen LogP contribution is -2.12. The first-order valence-corrected chi connectivity index (χ1v) is 7.25. The summed E-state index contributed by atoms with van der Waals surface area (Å²) >= 11 is 3.28. The van der Waals surface area contributed by atoms with Crippen molar-refractivity contribution in [3.05, 3.63) is 22.4 Å². The minimum atomic E-state index is -0.357. The van der Waals surface area contributed by atoms with E-state index in [1.165, 1.54) is 25.0 Å². The van der Waals surface area contributed by atoms with Crippen LogP contribution in [0.3, 0.4) is 0 Å². The Morgan fingerprint density at radius 3 is 2.67 bits per heavy atom. The average molecular weight is 318 g/mol. The Morgan fingerprint density at radius 2 is 2.11 bits per heavy atom. The fourth-order valence-electron chi connectivity index (χ4n) is 1.83. The highest BCUT2D eigenvalue weighted by molar-refractivity contribution is 9.10. The molecule has 0 bridgehead atoms. The molecule has 2 N–H and O–H groups in total. The largest absolute Gasteiger partial charge is 0.490 e. The number of benzene rings is 1. The minimum Gasteiger partial charge on any atom is -0.490 e. The Kier molecular flexibility index (Phi) is 6.47. The predicted octanol–water partition coefficient (Wildman–Crippen LogP) is 4.77. The molecule has 1 aromatic rings. The molecule has 0 aliphatic carbocycles. The molecule has 0 radical (unpaired) electrons. The van der Waals surface area contributed by atoms with Gasteiger partial charge in [-0.15, -0.1) is 0 Å². The summed E-state index contributed by atoms with van der Waals surface area (Å²) in [5.74, 6) is 0.720. The summed E-state index contributed by atoms with van der Waals surface area (Å²) in [4.78, 5) is 0. The summed E-state index contributed by atoms with van der Waals surface area (Å²) in [7, 11) is 0. The lowest BCUT2D eigenvalue weighted by atomic mass is 10.0. The van der Waals surface area contributed by atoms with Gasteiger partial charge in [-0.2, -0.15) is 0 Å². The van der Waals surface area contributed by atoms with E-state index in [9.17, 15) is 4.39 Å². The van der Waals surface area contributed by atoms with Gasteiger partial charge in [0, 0.05) is 6.07 Å². The Balaban J connectivity index is 2.62. The van der Waals surface area contributed by atoms with Crippen molar-refractivity contribution in [1.29, 1.82) is 0 Å². The second-order valence-corrected chi connectivity index (χ2v) is 5.39. The van der Waals surface area contributed by atoms with Gasteiger partial charge in [-0.3, -0.25) is 0 Å². The summed E-state index contributed by atoms with van der Waals surface area (Å²) in [5.41, 5.74) is 6.10. The van der Waals surface area contributed by atoms with Crippen LogP contribution in [0.2, 0.25) is 0 Å². The van der Waals surface area contributed by atoms with E-state index < -0.39 is 0 Å². The standard InChI is InChI=1S/C14H21BrFNO/c1-3-5-6-10(4-2)9-18-14-12(15)7-11(16)8-13(14)17/h7-8,10H,3-6,9,17H2,1-2H3. The van der Waals surface area contributed by atoms with Gasteiger partial charge in [0.15, 0.2) is 5.75 Å². The van der Waals surface area contributed by atoms with Crippen LogP contribution in [0.25, 0.3) is 0 Å². The molecule has 0 heterocycles. The maximum Gasteiger partial charge on any atom is 0.156 e. The van der Waals surface area contributed by atoms with Crippen LogP contribution in [0.5, 0.6) is 5.75 Å². The first kappa shape index (κ1) is 15.3. The first-order valence-electron chi connectivity index (χ1n) is 6.45. The third-order valence-electron chi connectivity index (χ3n) is 3.04. The van der Waals surface area contributed by atoms with Crippen LogP contribution in [0.1, 0.15) is 39.5 Å². The van der Waals surface area contributed by atoms with Crippen LogP contribution < -0.4 is 10.5 Å². The van der Waals surface area contributed by atoms with Crippen LogP contribution in [0.15, 0.2) is 16.6 Å². The number of unbranched alkanes of at least 4 members (excludes halogenated alkanes) is 1. The molecule has 0 spiro atoms. The normalized spacial score (nSPS) is 12.4. The van der Waals surface area contributed by atoms with E-state index in [1.807, 2.05) is 0 Å². The number of rotatable bonds is 7. The minimum absolute atomic E-state index is 0.340. The second-order valence-electron chi connectivity index (χ2n) is 4.53. The first-order chi connectivity index (χ1) is 8.58. The van der Waals surface area contributed by atoms with Gasteiger partial charge in [-0.05, 0) is 34.3 Å². The molecule has 1 unspecified atom stereocenters. The number of nitrogen functional groups attached to an aromatic ring is 1. The van der Waals surface area contributed by atoms with Gasteiger partial charge >= 0.3 is 0 Å². The summed E-state index contributed by atoms with van der Waals surface area (Å²) in [6.45, 7) is 4.97. The summed E-state index contributed by atoms with van der Waals surface area (Å²) in [5, 5.41) is 0. The molecule has 0 aliphatic heterocycles. The highest BCUT2D eigenvalue weighted by atomic mass is 79.9. The van der Waals surface area contributed by atoms with E-state index >= 15 is 0 Å². The second kappa shape index (κ2) is 7.62. The van der Waals surface area contributed by atoms with Crippen LogP contribution in [0.4, 0.5) is 10.1 Å². The zero-order valence-electron chi connectivity index (χ0n) is 11.0. The third kappa shape index (κ3) is 4.48. The van der Waals surface area contributed by atoms with E-state index in [4.69, 9.17) is 10.5 Å². The van der Waals surface area contributed by atoms with Gasteiger partial charge in [-0.1, -0.05) is 33.1 Å². The smallest absolute Gasteiger partial charge is 0.156 e. The molecule has 0 amide bonds. The fourth-order valence-corrected chi connectivity index (χ4v) is 2.39. The lowest BCUT2D eigenvalue weighted by Gasteiger charge is -2.17. The average Bonchev–Trinajstić information content (AvgIpc) is 2.31. The quantitative estimate of drug-likeness (QED) is 0.735. The van der Waals surface area contributed by atoms with Crippen molar-refractivity contribution in [3.63, 3.8) is 0 Å². The van der Waals surface area contributed by atoms with E-state index in [-0.39, 0.29) is 5.82 Å². The van der Waals surface area contributed by atoms with Crippen molar-refractivity contribution in [2.24, 2.45) is 5.92 Å². The van der Waals surface area contributed by atoms with E-state index in [0.29, 0.717) is 28.4 Å². The van der Waals surface area contributed by atoms with E-state index in [0.717, 1.165) is 12.8 Å². The third-order valence-corrected chi connectivity index (χ3v) is 3.63. The van der Waals surface area contributed by atoms with Crippen molar-refractivity contribution < 1.29 is 9.13 Å². The SMILES string of the molecule is CCCCC(CC)COc1c(N)cc(F)cc1Br. The molecule has 2 nitrogen and oxygen atoms in total. The molecule has 0 saturated heterocycles. The number of hydrogen-bond donors (Lipinski definition) is 1. The maximum absolute atomic E-state index is 13.1. The zero-order chi connectivity index (χ0) is 13.5. The van der Waals surface area contributed by atoms with Gasteiger partial charge in [0.2, 0.25) is 0 Å². The number of nitrogens with two attached hydrogens (primary N) is 1. The highest BCUT2D eigenvalue weighted by Crippen LogP contribution is 2.33. The molecule has 0 aromatic heterocycles. The molecule has 18 heavy (non-hydrogen) atoms. The fraction of sp³-hybridized carbons (Fsp3) is 0.571. The van der Waals surface area contributed by atoms with Gasteiger partial charge in [0.1, 0.15) is 5.82 Å². The number of hydrogen-bond acceptors (Lipinski definition) is 2. The van der Waals surface area contributed by atoms with Crippen molar-refractivity contribution in [2.75, 3.05) is 12.3 Å². The van der Waals surface area contributed by atoms with Crippen LogP contribution in [0, 0.1) is 11.7 Å². The number of ether oxygens (including phenoxy) is 1. The molecule has 4 heteroatoms. The summed E-state index contributed by atoms with van der Waals surface area (Å²) in [6, 6.07) is 2.66. The Morgan fingerprint density at radius 1 is 1.39 bits per heavy atom. The molecule has 0 saturated carbocycles. The van der Waals surface area contributed by atoms with Crippen LogP contribution >= 0.6 is 15.9 Å². The van der Waals surface area contributed by atoms with Crippen molar-refractivity contribution in [3.8, 4) is 5.75 Å². The Hall–Kier alpha value is -0.770. The van der Waals surface area contributed by atoms with Crippen LogP contribution in [-0.2, 0) is 0 Å². The predicted molar refractivity (Wildman–Crippen MR) is 77.3 cm³/mol. The molecule has 1 aromatic carbocycles. The lowest BCUT2D eigenvalue weighted by molar-refractivity contribution is 0.233. The topological polar surface area (TPSA) is 35.2 Å². The Labute approximate surface area is 117 Å². The van der Waals surface area contributed by atoms with Crippen LogP contribution in [-0.4, -0.2) is 6.61 Å². The molecule has 102 valence electrons. The van der Waals surface area contributed by atoms with Crippen molar-refractivity contribution >= 4 is 21.6 Å². The molecule has 1 rings (SSSR count). The van der Waals surface area contributed by atoms with Gasteiger partial charge in [-0.25, -0.2) is 4.39 Å². The molecular formula is C14H21BrFNO. The van der Waals surface area contributed by atoms with Gasteiger partial charge in [0.05, 0.1) is 16.8 Å². The highest BCUT2D eigenvalue weighted by Gasteiger charge is 2.12. The van der Waals surface area contributed by atoms with E-state index in [2.05, 4.69) is 29.8 Å². The number of anilines is 1. The molecular weight excluding hydrogens is 297 g/mol. The number of halogens is 2. The zero-order valence-corrected chi connectivity index (χ0v) is 12.6. The maximum atomic E-state index is 13.1. The van der Waals surface area contributed by atoms with Gasteiger partial charge < -0.3 is 10.5 Å². The molecule has 1 atom stereocenters. The van der Waals surface area contributed by atoms with Gasteiger partial charge in [0.25, 0.3) is 0 Å². The summed E-state index contributed by atoms with van der Waals surface area (Å²) in [6.07, 6.45) is 4.64. The molecule has 0 aliphatic rings.